The van der Waals surface area contributed by atoms with E-state index in [1.807, 2.05) is 0 Å². The van der Waals surface area contributed by atoms with Crippen LogP contribution in [-0.2, 0) is 4.74 Å². The molecule has 2 rings (SSSR count). The van der Waals surface area contributed by atoms with Crippen LogP contribution in [0.5, 0.6) is 0 Å². The minimum absolute atomic E-state index is 0.223. The maximum Gasteiger partial charge on any atom is 0.126 e. The highest BCUT2D eigenvalue weighted by atomic mass is 19.1. The molecular formula is C14H19F2NO2. The highest BCUT2D eigenvalue weighted by Crippen LogP contribution is 2.24. The molecule has 1 N–H and O–H groups in total. The van der Waals surface area contributed by atoms with Crippen LogP contribution in [-0.4, -0.2) is 42.4 Å². The van der Waals surface area contributed by atoms with Crippen molar-refractivity contribution in [3.8, 4) is 0 Å². The van der Waals surface area contributed by atoms with E-state index in [1.165, 1.54) is 0 Å². The lowest BCUT2D eigenvalue weighted by Gasteiger charge is -2.35. The molecule has 5 heteroatoms. The maximum atomic E-state index is 13.2. The molecule has 1 aliphatic heterocycles. The Bertz CT molecular complexity index is 406. The van der Waals surface area contributed by atoms with Crippen molar-refractivity contribution in [2.75, 3.05) is 26.2 Å². The van der Waals surface area contributed by atoms with Crippen LogP contribution in [0.15, 0.2) is 18.2 Å². The molecule has 19 heavy (non-hydrogen) atoms. The minimum Gasteiger partial charge on any atom is -0.386 e. The number of nitrogens with zero attached hydrogens (tertiary/aromatic N) is 1. The molecule has 0 radical (unpaired) electrons. The number of hydrogen-bond acceptors (Lipinski definition) is 3. The highest BCUT2D eigenvalue weighted by Gasteiger charge is 2.28. The molecule has 1 heterocycles. The van der Waals surface area contributed by atoms with Crippen molar-refractivity contribution in [3.63, 3.8) is 0 Å². The molecule has 2 atom stereocenters. The van der Waals surface area contributed by atoms with Gasteiger partial charge in [0.15, 0.2) is 0 Å². The van der Waals surface area contributed by atoms with Crippen LogP contribution in [0.2, 0.25) is 0 Å². The Morgan fingerprint density at radius 2 is 2.05 bits per heavy atom. The second-order valence-electron chi connectivity index (χ2n) is 4.86. The first-order valence-corrected chi connectivity index (χ1v) is 6.58. The van der Waals surface area contributed by atoms with Crippen molar-refractivity contribution in [1.29, 1.82) is 0 Å². The number of aliphatic hydroxyl groups excluding tert-OH is 1. The van der Waals surface area contributed by atoms with Crippen molar-refractivity contribution < 1.29 is 18.6 Å². The summed E-state index contributed by atoms with van der Waals surface area (Å²) >= 11 is 0. The maximum absolute atomic E-state index is 13.2. The lowest BCUT2D eigenvalue weighted by atomic mass is 10.0. The van der Waals surface area contributed by atoms with E-state index < -0.39 is 23.8 Å². The zero-order valence-corrected chi connectivity index (χ0v) is 11.0. The quantitative estimate of drug-likeness (QED) is 0.910. The average Bonchev–Trinajstić information content (AvgIpc) is 2.37. The lowest BCUT2D eigenvalue weighted by Crippen LogP contribution is -2.45. The molecule has 1 saturated heterocycles. The zero-order valence-electron chi connectivity index (χ0n) is 11.0. The number of rotatable bonds is 4. The molecule has 0 aliphatic carbocycles. The Morgan fingerprint density at radius 3 is 2.68 bits per heavy atom. The molecule has 106 valence electrons. The number of morpholine rings is 1. The molecule has 0 saturated carbocycles. The summed E-state index contributed by atoms with van der Waals surface area (Å²) in [5, 5.41) is 10.2. The van der Waals surface area contributed by atoms with E-state index in [0.717, 1.165) is 37.7 Å². The summed E-state index contributed by atoms with van der Waals surface area (Å²) in [5.41, 5.74) is 0.223. The van der Waals surface area contributed by atoms with E-state index in [9.17, 15) is 13.9 Å². The van der Waals surface area contributed by atoms with Gasteiger partial charge in [-0.25, -0.2) is 8.78 Å². The van der Waals surface area contributed by atoms with E-state index in [0.29, 0.717) is 13.2 Å². The van der Waals surface area contributed by atoms with Gasteiger partial charge in [0.2, 0.25) is 0 Å². The second-order valence-corrected chi connectivity index (χ2v) is 4.86. The van der Waals surface area contributed by atoms with Crippen LogP contribution in [0.3, 0.4) is 0 Å². The van der Waals surface area contributed by atoms with Crippen LogP contribution >= 0.6 is 0 Å². The summed E-state index contributed by atoms with van der Waals surface area (Å²) in [7, 11) is 0. The summed E-state index contributed by atoms with van der Waals surface area (Å²) in [4.78, 5) is 2.19. The average molecular weight is 271 g/mol. The van der Waals surface area contributed by atoms with Gasteiger partial charge in [-0.3, -0.25) is 4.90 Å². The third-order valence-electron chi connectivity index (χ3n) is 3.30. The molecular weight excluding hydrogens is 252 g/mol. The smallest absolute Gasteiger partial charge is 0.126 e. The largest absolute Gasteiger partial charge is 0.386 e. The van der Waals surface area contributed by atoms with Gasteiger partial charge >= 0.3 is 0 Å². The number of benzene rings is 1. The molecule has 1 fully saturated rings. The molecule has 2 unspecified atom stereocenters. The molecule has 0 amide bonds. The van der Waals surface area contributed by atoms with Crippen LogP contribution in [0, 0.1) is 11.6 Å². The highest BCUT2D eigenvalue weighted by molar-refractivity contribution is 5.21. The Hall–Kier alpha value is -1.04. The van der Waals surface area contributed by atoms with Crippen molar-refractivity contribution in [1.82, 2.24) is 4.90 Å². The Kier molecular flexibility index (Phi) is 4.85. The SMILES string of the molecule is CCCN1CCOC(C(O)c2cc(F)cc(F)c2)C1. The van der Waals surface area contributed by atoms with Crippen LogP contribution < -0.4 is 0 Å². The van der Waals surface area contributed by atoms with Gasteiger partial charge in [-0.2, -0.15) is 0 Å². The van der Waals surface area contributed by atoms with Gasteiger partial charge in [-0.15, -0.1) is 0 Å². The minimum atomic E-state index is -1.01. The number of hydrogen-bond donors (Lipinski definition) is 1. The van der Waals surface area contributed by atoms with E-state index in [2.05, 4.69) is 11.8 Å². The summed E-state index contributed by atoms with van der Waals surface area (Å²) in [6.45, 7) is 4.95. The summed E-state index contributed by atoms with van der Waals surface area (Å²) in [6, 6.07) is 3.09. The predicted molar refractivity (Wildman–Crippen MR) is 67.8 cm³/mol. The fourth-order valence-electron chi connectivity index (χ4n) is 2.40. The van der Waals surface area contributed by atoms with Crippen molar-refractivity contribution in [2.45, 2.75) is 25.6 Å². The summed E-state index contributed by atoms with van der Waals surface area (Å²) < 4.78 is 31.8. The fraction of sp³-hybridized carbons (Fsp3) is 0.571. The van der Waals surface area contributed by atoms with Crippen LogP contribution in [0.25, 0.3) is 0 Å². The molecule has 0 aromatic heterocycles. The molecule has 3 nitrogen and oxygen atoms in total. The molecule has 1 aliphatic rings. The van der Waals surface area contributed by atoms with Crippen molar-refractivity contribution in [2.24, 2.45) is 0 Å². The summed E-state index contributed by atoms with van der Waals surface area (Å²) in [5.74, 6) is -1.37. The van der Waals surface area contributed by atoms with Gasteiger partial charge in [0.25, 0.3) is 0 Å². The normalized spacial score (nSPS) is 22.4. The second kappa shape index (κ2) is 6.41. The molecule has 0 bridgehead atoms. The Labute approximate surface area is 111 Å². The van der Waals surface area contributed by atoms with Gasteiger partial charge in [0.1, 0.15) is 23.8 Å². The Balaban J connectivity index is 2.07. The van der Waals surface area contributed by atoms with Crippen LogP contribution in [0.4, 0.5) is 8.78 Å². The van der Waals surface area contributed by atoms with Gasteiger partial charge < -0.3 is 9.84 Å². The molecule has 0 spiro atoms. The monoisotopic (exact) mass is 271 g/mol. The Morgan fingerprint density at radius 1 is 1.37 bits per heavy atom. The van der Waals surface area contributed by atoms with Gasteiger partial charge in [0.05, 0.1) is 6.61 Å². The van der Waals surface area contributed by atoms with Crippen molar-refractivity contribution in [3.05, 3.63) is 35.4 Å². The predicted octanol–water partition coefficient (Wildman–Crippen LogP) is 2.11. The number of halogens is 2. The van der Waals surface area contributed by atoms with E-state index >= 15 is 0 Å². The molecule has 1 aromatic carbocycles. The zero-order chi connectivity index (χ0) is 13.8. The first-order valence-electron chi connectivity index (χ1n) is 6.58. The number of aliphatic hydroxyl groups is 1. The lowest BCUT2D eigenvalue weighted by molar-refractivity contribution is -0.0899. The van der Waals surface area contributed by atoms with Crippen LogP contribution in [0.1, 0.15) is 25.0 Å². The van der Waals surface area contributed by atoms with E-state index in [1.54, 1.807) is 0 Å². The van der Waals surface area contributed by atoms with Gasteiger partial charge in [0, 0.05) is 19.2 Å². The standard InChI is InChI=1S/C14H19F2NO2/c1-2-3-17-4-5-19-13(9-17)14(18)10-6-11(15)8-12(16)7-10/h6-8,13-14,18H,2-5,9H2,1H3. The third kappa shape index (κ3) is 3.72. The molecule has 1 aromatic rings. The fourth-order valence-corrected chi connectivity index (χ4v) is 2.40. The number of ether oxygens (including phenoxy) is 1. The van der Waals surface area contributed by atoms with E-state index in [-0.39, 0.29) is 5.56 Å². The topological polar surface area (TPSA) is 32.7 Å². The van der Waals surface area contributed by atoms with Crippen molar-refractivity contribution >= 4 is 0 Å². The third-order valence-corrected chi connectivity index (χ3v) is 3.30. The first-order chi connectivity index (χ1) is 9.10. The first kappa shape index (κ1) is 14.4. The van der Waals surface area contributed by atoms with E-state index in [4.69, 9.17) is 4.74 Å². The van der Waals surface area contributed by atoms with Gasteiger partial charge in [-0.05, 0) is 30.7 Å². The summed E-state index contributed by atoms with van der Waals surface area (Å²) in [6.07, 6.45) is -0.427. The van der Waals surface area contributed by atoms with Gasteiger partial charge in [-0.1, -0.05) is 6.92 Å².